The van der Waals surface area contributed by atoms with Crippen LogP contribution < -0.4 is 11.5 Å². The van der Waals surface area contributed by atoms with Gasteiger partial charge in [-0.1, -0.05) is 34.1 Å². The fourth-order valence-corrected chi connectivity index (χ4v) is 1.93. The van der Waals surface area contributed by atoms with Crippen LogP contribution in [0.25, 0.3) is 11.3 Å². The highest BCUT2D eigenvalue weighted by Gasteiger charge is 2.14. The van der Waals surface area contributed by atoms with Crippen molar-refractivity contribution >= 4 is 27.7 Å². The summed E-state index contributed by atoms with van der Waals surface area (Å²) in [5.74, 6) is 0.137. The van der Waals surface area contributed by atoms with Crippen molar-refractivity contribution in [3.8, 4) is 17.3 Å². The largest absolute Gasteiger partial charge is 0.382 e. The van der Waals surface area contributed by atoms with Crippen LogP contribution in [0.3, 0.4) is 0 Å². The molecular weight excluding hydrogens is 282 g/mol. The molecule has 2 aromatic rings. The van der Waals surface area contributed by atoms with Crippen molar-refractivity contribution in [2.24, 2.45) is 0 Å². The predicted octanol–water partition coefficient (Wildman–Crippen LogP) is 1.94. The number of nitriles is 1. The zero-order valence-corrected chi connectivity index (χ0v) is 10.3. The van der Waals surface area contributed by atoms with Gasteiger partial charge >= 0.3 is 0 Å². The van der Waals surface area contributed by atoms with E-state index in [1.165, 1.54) is 0 Å². The Kier molecular flexibility index (Phi) is 2.93. The molecule has 0 bridgehead atoms. The summed E-state index contributed by atoms with van der Waals surface area (Å²) in [4.78, 5) is 7.84. The SMILES string of the molecule is N#Cc1c(N)nc(N)nc1-c1ccccc1Br. The lowest BCUT2D eigenvalue weighted by Gasteiger charge is -2.07. The molecule has 0 saturated heterocycles. The summed E-state index contributed by atoms with van der Waals surface area (Å²) in [5.41, 5.74) is 12.6. The van der Waals surface area contributed by atoms with E-state index in [1.54, 1.807) is 0 Å². The minimum atomic E-state index is 0.0484. The topological polar surface area (TPSA) is 102 Å². The number of nitrogens with two attached hydrogens (primary N) is 2. The Morgan fingerprint density at radius 3 is 2.53 bits per heavy atom. The van der Waals surface area contributed by atoms with Gasteiger partial charge in [0.25, 0.3) is 0 Å². The summed E-state index contributed by atoms with van der Waals surface area (Å²) in [6.07, 6.45) is 0. The van der Waals surface area contributed by atoms with Crippen molar-refractivity contribution in [1.82, 2.24) is 9.97 Å². The molecule has 0 saturated carbocycles. The summed E-state index contributed by atoms with van der Waals surface area (Å²) in [5, 5.41) is 9.08. The number of halogens is 1. The van der Waals surface area contributed by atoms with E-state index >= 15 is 0 Å². The normalized spacial score (nSPS) is 9.88. The molecule has 1 heterocycles. The molecule has 2 rings (SSSR count). The maximum atomic E-state index is 9.08. The third kappa shape index (κ3) is 2.05. The van der Waals surface area contributed by atoms with Gasteiger partial charge in [0.15, 0.2) is 0 Å². The zero-order chi connectivity index (χ0) is 12.4. The fourth-order valence-electron chi connectivity index (χ4n) is 1.45. The van der Waals surface area contributed by atoms with Gasteiger partial charge < -0.3 is 11.5 Å². The van der Waals surface area contributed by atoms with E-state index in [0.717, 1.165) is 10.0 Å². The van der Waals surface area contributed by atoms with Crippen molar-refractivity contribution < 1.29 is 0 Å². The van der Waals surface area contributed by atoms with Crippen LogP contribution in [0.4, 0.5) is 11.8 Å². The van der Waals surface area contributed by atoms with Crippen molar-refractivity contribution in [2.75, 3.05) is 11.5 Å². The van der Waals surface area contributed by atoms with Gasteiger partial charge in [-0.2, -0.15) is 10.2 Å². The summed E-state index contributed by atoms with van der Waals surface area (Å²) >= 11 is 3.39. The molecule has 0 spiro atoms. The van der Waals surface area contributed by atoms with E-state index in [0.29, 0.717) is 5.69 Å². The fraction of sp³-hybridized carbons (Fsp3) is 0. The Hall–Kier alpha value is -2.13. The molecule has 0 amide bonds. The quantitative estimate of drug-likeness (QED) is 0.835. The minimum absolute atomic E-state index is 0.0484. The highest BCUT2D eigenvalue weighted by Crippen LogP contribution is 2.30. The first kappa shape index (κ1) is 11.4. The summed E-state index contributed by atoms with van der Waals surface area (Å²) in [6, 6.07) is 9.38. The molecule has 17 heavy (non-hydrogen) atoms. The second kappa shape index (κ2) is 4.39. The van der Waals surface area contributed by atoms with Crippen LogP contribution in [0.15, 0.2) is 28.7 Å². The van der Waals surface area contributed by atoms with Crippen molar-refractivity contribution in [1.29, 1.82) is 5.26 Å². The number of hydrogen-bond donors (Lipinski definition) is 2. The number of aromatic nitrogens is 2. The van der Waals surface area contributed by atoms with Crippen molar-refractivity contribution in [2.45, 2.75) is 0 Å². The average Bonchev–Trinajstić information content (AvgIpc) is 2.28. The molecule has 6 heteroatoms. The number of nitrogen functional groups attached to an aromatic ring is 2. The summed E-state index contributed by atoms with van der Waals surface area (Å²) < 4.78 is 0.814. The lowest BCUT2D eigenvalue weighted by molar-refractivity contribution is 1.18. The number of hydrogen-bond acceptors (Lipinski definition) is 5. The molecule has 1 aromatic heterocycles. The van der Waals surface area contributed by atoms with E-state index in [-0.39, 0.29) is 17.3 Å². The van der Waals surface area contributed by atoms with E-state index in [2.05, 4.69) is 25.9 Å². The van der Waals surface area contributed by atoms with Gasteiger partial charge in [0.2, 0.25) is 5.95 Å². The molecule has 4 N–H and O–H groups in total. The van der Waals surface area contributed by atoms with Gasteiger partial charge in [-0.05, 0) is 6.07 Å². The van der Waals surface area contributed by atoms with Crippen molar-refractivity contribution in [3.05, 3.63) is 34.3 Å². The van der Waals surface area contributed by atoms with E-state index in [9.17, 15) is 0 Å². The smallest absolute Gasteiger partial charge is 0.222 e. The van der Waals surface area contributed by atoms with E-state index in [4.69, 9.17) is 16.7 Å². The Morgan fingerprint density at radius 2 is 1.88 bits per heavy atom. The first-order valence-corrected chi connectivity index (χ1v) is 5.50. The Morgan fingerprint density at radius 1 is 1.18 bits per heavy atom. The monoisotopic (exact) mass is 289 g/mol. The highest BCUT2D eigenvalue weighted by atomic mass is 79.9. The van der Waals surface area contributed by atoms with Crippen LogP contribution in [-0.2, 0) is 0 Å². The molecule has 0 atom stereocenters. The molecule has 1 aromatic carbocycles. The van der Waals surface area contributed by atoms with Crippen LogP contribution in [0.1, 0.15) is 5.56 Å². The van der Waals surface area contributed by atoms with Crippen LogP contribution in [-0.4, -0.2) is 9.97 Å². The van der Waals surface area contributed by atoms with Crippen LogP contribution >= 0.6 is 15.9 Å². The molecule has 0 unspecified atom stereocenters. The Bertz CT molecular complexity index is 618. The molecule has 84 valence electrons. The van der Waals surface area contributed by atoms with Gasteiger partial charge in [-0.3, -0.25) is 0 Å². The van der Waals surface area contributed by atoms with E-state index in [1.807, 2.05) is 30.3 Å². The number of rotatable bonds is 1. The molecule has 0 radical (unpaired) electrons. The third-order valence-electron chi connectivity index (χ3n) is 2.20. The second-order valence-corrected chi connectivity index (χ2v) is 4.14. The first-order valence-electron chi connectivity index (χ1n) is 4.71. The average molecular weight is 290 g/mol. The Labute approximate surface area is 106 Å². The molecule has 0 aliphatic heterocycles. The molecule has 0 aliphatic rings. The zero-order valence-electron chi connectivity index (χ0n) is 8.68. The summed E-state index contributed by atoms with van der Waals surface area (Å²) in [6.45, 7) is 0. The molecule has 5 nitrogen and oxygen atoms in total. The minimum Gasteiger partial charge on any atom is -0.382 e. The standard InChI is InChI=1S/C11H8BrN5/c12-8-4-2-1-3-6(8)9-7(5-13)10(14)17-11(15)16-9/h1-4H,(H4,14,15,16,17). The van der Waals surface area contributed by atoms with Gasteiger partial charge in [0, 0.05) is 10.0 Å². The molecular formula is C11H8BrN5. The number of benzene rings is 1. The van der Waals surface area contributed by atoms with Gasteiger partial charge in [0.1, 0.15) is 17.5 Å². The second-order valence-electron chi connectivity index (χ2n) is 3.28. The maximum absolute atomic E-state index is 9.08. The molecule has 0 aliphatic carbocycles. The molecule has 0 fully saturated rings. The summed E-state index contributed by atoms with van der Waals surface area (Å²) in [7, 11) is 0. The van der Waals surface area contributed by atoms with Crippen molar-refractivity contribution in [3.63, 3.8) is 0 Å². The van der Waals surface area contributed by atoms with Gasteiger partial charge in [0.05, 0.1) is 5.69 Å². The maximum Gasteiger partial charge on any atom is 0.222 e. The van der Waals surface area contributed by atoms with Crippen LogP contribution in [0, 0.1) is 11.3 Å². The predicted molar refractivity (Wildman–Crippen MR) is 68.7 cm³/mol. The van der Waals surface area contributed by atoms with Crippen LogP contribution in [0.5, 0.6) is 0 Å². The van der Waals surface area contributed by atoms with E-state index < -0.39 is 0 Å². The Balaban J connectivity index is 2.76. The lowest BCUT2D eigenvalue weighted by Crippen LogP contribution is -2.05. The van der Waals surface area contributed by atoms with Gasteiger partial charge in [-0.25, -0.2) is 4.98 Å². The lowest BCUT2D eigenvalue weighted by atomic mass is 10.1. The first-order chi connectivity index (χ1) is 8.13. The highest BCUT2D eigenvalue weighted by molar-refractivity contribution is 9.10. The number of anilines is 2. The third-order valence-corrected chi connectivity index (χ3v) is 2.89. The number of nitrogens with zero attached hydrogens (tertiary/aromatic N) is 3. The van der Waals surface area contributed by atoms with Crippen LogP contribution in [0.2, 0.25) is 0 Å². The van der Waals surface area contributed by atoms with Gasteiger partial charge in [-0.15, -0.1) is 0 Å².